The lowest BCUT2D eigenvalue weighted by Gasteiger charge is -2.01. The fraction of sp³-hybridized carbons (Fsp3) is 0.190. The molecule has 0 saturated carbocycles. The minimum absolute atomic E-state index is 0.231. The summed E-state index contributed by atoms with van der Waals surface area (Å²) in [5, 5.41) is 3.91. The van der Waals surface area contributed by atoms with Crippen molar-refractivity contribution < 1.29 is 23.6 Å². The lowest BCUT2D eigenvalue weighted by Crippen LogP contribution is -2.03. The Morgan fingerprint density at radius 1 is 1.17 bits per heavy atom. The molecule has 0 bridgehead atoms. The van der Waals surface area contributed by atoms with Gasteiger partial charge in [0, 0.05) is 30.5 Å². The third-order valence-electron chi connectivity index (χ3n) is 3.91. The van der Waals surface area contributed by atoms with Crippen molar-refractivity contribution in [2.45, 2.75) is 12.8 Å². The van der Waals surface area contributed by atoms with Crippen LogP contribution in [-0.4, -0.2) is 40.8 Å². The SMILES string of the molecule is COC(=O)c1ccc(/C=C/C(=O)OCCCc2nc(-c3cccnc3)no2)cc1. The summed E-state index contributed by atoms with van der Waals surface area (Å²) >= 11 is 0. The van der Waals surface area contributed by atoms with Gasteiger partial charge in [-0.15, -0.1) is 0 Å². The van der Waals surface area contributed by atoms with E-state index in [2.05, 4.69) is 19.9 Å². The van der Waals surface area contributed by atoms with Gasteiger partial charge in [-0.05, 0) is 42.3 Å². The van der Waals surface area contributed by atoms with Crippen molar-refractivity contribution in [3.05, 3.63) is 71.9 Å². The molecule has 2 heterocycles. The number of pyridine rings is 1. The van der Waals surface area contributed by atoms with Gasteiger partial charge >= 0.3 is 11.9 Å². The number of benzene rings is 1. The van der Waals surface area contributed by atoms with E-state index in [0.717, 1.165) is 11.1 Å². The maximum Gasteiger partial charge on any atom is 0.337 e. The molecule has 0 spiro atoms. The average molecular weight is 393 g/mol. The zero-order valence-corrected chi connectivity index (χ0v) is 15.8. The number of rotatable bonds is 8. The molecule has 8 heteroatoms. The summed E-state index contributed by atoms with van der Waals surface area (Å²) in [7, 11) is 1.32. The average Bonchev–Trinajstić information content (AvgIpc) is 3.25. The van der Waals surface area contributed by atoms with Gasteiger partial charge in [0.2, 0.25) is 11.7 Å². The van der Waals surface area contributed by atoms with Crippen LogP contribution in [0.15, 0.2) is 59.4 Å². The highest BCUT2D eigenvalue weighted by molar-refractivity contribution is 5.90. The fourth-order valence-electron chi connectivity index (χ4n) is 2.43. The van der Waals surface area contributed by atoms with E-state index >= 15 is 0 Å². The van der Waals surface area contributed by atoms with Crippen LogP contribution in [0.25, 0.3) is 17.5 Å². The Bertz CT molecular complexity index is 981. The fourth-order valence-corrected chi connectivity index (χ4v) is 2.43. The minimum atomic E-state index is -0.455. The molecule has 29 heavy (non-hydrogen) atoms. The van der Waals surface area contributed by atoms with Gasteiger partial charge in [0.15, 0.2) is 0 Å². The zero-order valence-electron chi connectivity index (χ0n) is 15.8. The molecule has 0 aliphatic carbocycles. The summed E-state index contributed by atoms with van der Waals surface area (Å²) in [4.78, 5) is 31.5. The third kappa shape index (κ3) is 5.83. The van der Waals surface area contributed by atoms with Gasteiger partial charge in [0.1, 0.15) is 0 Å². The number of ether oxygens (including phenoxy) is 2. The molecule has 0 fully saturated rings. The first-order valence-electron chi connectivity index (χ1n) is 8.92. The third-order valence-corrected chi connectivity index (χ3v) is 3.91. The summed E-state index contributed by atoms with van der Waals surface area (Å²) in [5.74, 6) is 0.0877. The highest BCUT2D eigenvalue weighted by Gasteiger charge is 2.09. The molecule has 8 nitrogen and oxygen atoms in total. The van der Waals surface area contributed by atoms with Crippen LogP contribution in [0.1, 0.15) is 28.2 Å². The molecular formula is C21H19N3O5. The van der Waals surface area contributed by atoms with Gasteiger partial charge in [0.25, 0.3) is 0 Å². The van der Waals surface area contributed by atoms with E-state index in [1.165, 1.54) is 13.2 Å². The highest BCUT2D eigenvalue weighted by atomic mass is 16.5. The summed E-state index contributed by atoms with van der Waals surface area (Å²) in [5.41, 5.74) is 1.99. The number of nitrogens with zero attached hydrogens (tertiary/aromatic N) is 3. The molecule has 0 aliphatic heterocycles. The van der Waals surface area contributed by atoms with E-state index in [9.17, 15) is 9.59 Å². The van der Waals surface area contributed by atoms with Crippen molar-refractivity contribution in [3.8, 4) is 11.4 Å². The second-order valence-electron chi connectivity index (χ2n) is 5.97. The second-order valence-corrected chi connectivity index (χ2v) is 5.97. The minimum Gasteiger partial charge on any atom is -0.465 e. The largest absolute Gasteiger partial charge is 0.465 e. The number of aryl methyl sites for hydroxylation is 1. The van der Waals surface area contributed by atoms with Crippen LogP contribution in [0.2, 0.25) is 0 Å². The Morgan fingerprint density at radius 2 is 2.00 bits per heavy atom. The Kier molecular flexibility index (Phi) is 6.83. The normalized spacial score (nSPS) is 10.8. The van der Waals surface area contributed by atoms with Gasteiger partial charge in [-0.3, -0.25) is 4.98 Å². The van der Waals surface area contributed by atoms with Crippen molar-refractivity contribution in [3.63, 3.8) is 0 Å². The van der Waals surface area contributed by atoms with Crippen LogP contribution in [0, 0.1) is 0 Å². The molecule has 2 aromatic heterocycles. The lowest BCUT2D eigenvalue weighted by molar-refractivity contribution is -0.137. The summed E-state index contributed by atoms with van der Waals surface area (Å²) in [6, 6.07) is 10.3. The van der Waals surface area contributed by atoms with Crippen LogP contribution in [0.5, 0.6) is 0 Å². The first-order chi connectivity index (χ1) is 14.2. The van der Waals surface area contributed by atoms with E-state index in [-0.39, 0.29) is 6.61 Å². The number of esters is 2. The number of hydrogen-bond donors (Lipinski definition) is 0. The summed E-state index contributed by atoms with van der Waals surface area (Å²) in [6.45, 7) is 0.231. The predicted octanol–water partition coefficient (Wildman–Crippen LogP) is 3.11. The van der Waals surface area contributed by atoms with Gasteiger partial charge in [-0.1, -0.05) is 17.3 Å². The van der Waals surface area contributed by atoms with E-state index in [4.69, 9.17) is 9.26 Å². The van der Waals surface area contributed by atoms with Crippen molar-refractivity contribution >= 4 is 18.0 Å². The molecule has 3 aromatic rings. The number of methoxy groups -OCH3 is 1. The molecule has 0 atom stereocenters. The summed E-state index contributed by atoms with van der Waals surface area (Å²) < 4.78 is 15.0. The van der Waals surface area contributed by atoms with E-state index in [1.54, 1.807) is 48.8 Å². The highest BCUT2D eigenvalue weighted by Crippen LogP contribution is 2.14. The molecule has 0 amide bonds. The van der Waals surface area contributed by atoms with Crippen molar-refractivity contribution in [1.82, 2.24) is 15.1 Å². The Morgan fingerprint density at radius 3 is 2.72 bits per heavy atom. The molecule has 0 saturated heterocycles. The second kappa shape index (κ2) is 9.93. The maximum atomic E-state index is 11.8. The molecule has 3 rings (SSSR count). The van der Waals surface area contributed by atoms with E-state index < -0.39 is 11.9 Å². The topological polar surface area (TPSA) is 104 Å². The van der Waals surface area contributed by atoms with E-state index in [1.807, 2.05) is 6.07 Å². The molecule has 0 radical (unpaired) electrons. The Balaban J connectivity index is 1.40. The number of carbonyl (C=O) groups excluding carboxylic acids is 2. The molecule has 0 unspecified atom stereocenters. The summed E-state index contributed by atoms with van der Waals surface area (Å²) in [6.07, 6.45) is 7.33. The lowest BCUT2D eigenvalue weighted by atomic mass is 10.1. The molecule has 148 valence electrons. The quantitative estimate of drug-likeness (QED) is 0.327. The van der Waals surface area contributed by atoms with Crippen LogP contribution < -0.4 is 0 Å². The van der Waals surface area contributed by atoms with Gasteiger partial charge in [0.05, 0.1) is 19.3 Å². The molecule has 0 aliphatic rings. The maximum absolute atomic E-state index is 11.8. The van der Waals surface area contributed by atoms with Gasteiger partial charge < -0.3 is 14.0 Å². The smallest absolute Gasteiger partial charge is 0.337 e. The molecular weight excluding hydrogens is 374 g/mol. The zero-order chi connectivity index (χ0) is 20.5. The van der Waals surface area contributed by atoms with Gasteiger partial charge in [-0.2, -0.15) is 4.98 Å². The monoisotopic (exact) mass is 393 g/mol. The molecule has 0 N–H and O–H groups in total. The van der Waals surface area contributed by atoms with E-state index in [0.29, 0.717) is 30.1 Å². The Hall–Kier alpha value is -3.81. The van der Waals surface area contributed by atoms with Crippen molar-refractivity contribution in [2.75, 3.05) is 13.7 Å². The predicted molar refractivity (Wildman–Crippen MR) is 104 cm³/mol. The number of hydrogen-bond acceptors (Lipinski definition) is 8. The first kappa shape index (κ1) is 19.9. The Labute approximate surface area is 167 Å². The van der Waals surface area contributed by atoms with Crippen molar-refractivity contribution in [1.29, 1.82) is 0 Å². The van der Waals surface area contributed by atoms with Gasteiger partial charge in [-0.25, -0.2) is 9.59 Å². The van der Waals surface area contributed by atoms with Crippen LogP contribution in [0.3, 0.4) is 0 Å². The number of carbonyl (C=O) groups is 2. The standard InChI is InChI=1S/C21H19N3O5/c1-27-21(26)16-9-6-15(7-10-16)8-11-19(25)28-13-3-5-18-23-20(24-29-18)17-4-2-12-22-14-17/h2,4,6-12,14H,3,5,13H2,1H3/b11-8+. The van der Waals surface area contributed by atoms with Crippen LogP contribution >= 0.6 is 0 Å². The molecule has 1 aromatic carbocycles. The number of aromatic nitrogens is 3. The van der Waals surface area contributed by atoms with Crippen LogP contribution in [-0.2, 0) is 20.7 Å². The van der Waals surface area contributed by atoms with Crippen molar-refractivity contribution in [2.24, 2.45) is 0 Å². The first-order valence-corrected chi connectivity index (χ1v) is 8.92. The van der Waals surface area contributed by atoms with Crippen LogP contribution in [0.4, 0.5) is 0 Å².